The lowest BCUT2D eigenvalue weighted by atomic mass is 10.1. The van der Waals surface area contributed by atoms with Gasteiger partial charge < -0.3 is 10.2 Å². The lowest BCUT2D eigenvalue weighted by Gasteiger charge is -2.31. The van der Waals surface area contributed by atoms with Crippen molar-refractivity contribution in [2.45, 2.75) is 46.5 Å². The number of aryl methyl sites for hydroxylation is 1. The molecule has 2 amide bonds. The lowest BCUT2D eigenvalue weighted by Crippen LogP contribution is -2.51. The zero-order valence-electron chi connectivity index (χ0n) is 21.0. The van der Waals surface area contributed by atoms with Gasteiger partial charge in [0, 0.05) is 13.1 Å². The van der Waals surface area contributed by atoms with Crippen LogP contribution in [0.15, 0.2) is 48.5 Å². The van der Waals surface area contributed by atoms with Gasteiger partial charge in [0.25, 0.3) is 0 Å². The van der Waals surface area contributed by atoms with Gasteiger partial charge in [-0.15, -0.1) is 0 Å². The molecule has 36 heavy (non-hydrogen) atoms. The minimum atomic E-state index is -4.69. The maximum absolute atomic E-state index is 13.4. The summed E-state index contributed by atoms with van der Waals surface area (Å²) in [6.07, 6.45) is -3.88. The van der Waals surface area contributed by atoms with Crippen molar-refractivity contribution in [2.75, 3.05) is 23.7 Å². The SMILES string of the molecule is Cc1cccc(CN(C(=O)CN(c2cccc(C(F)(F)F)c2)S(C)(=O)=O)[C@H](C)C(=O)NCC(C)C)c1. The molecule has 0 bridgehead atoms. The van der Waals surface area contributed by atoms with Crippen LogP contribution in [0.1, 0.15) is 37.5 Å². The monoisotopic (exact) mass is 527 g/mol. The van der Waals surface area contributed by atoms with Gasteiger partial charge in [-0.3, -0.25) is 13.9 Å². The highest BCUT2D eigenvalue weighted by Gasteiger charge is 2.33. The average Bonchev–Trinajstić information content (AvgIpc) is 2.77. The topological polar surface area (TPSA) is 86.8 Å². The molecule has 0 aromatic heterocycles. The third kappa shape index (κ3) is 8.25. The molecule has 198 valence electrons. The van der Waals surface area contributed by atoms with Crippen LogP contribution in [0.25, 0.3) is 0 Å². The molecule has 2 rings (SSSR count). The molecule has 0 saturated carbocycles. The molecule has 2 aromatic rings. The Kier molecular flexibility index (Phi) is 9.53. The molecule has 0 aliphatic carbocycles. The van der Waals surface area contributed by atoms with Crippen LogP contribution in [0.5, 0.6) is 0 Å². The van der Waals surface area contributed by atoms with Crippen molar-refractivity contribution in [3.05, 3.63) is 65.2 Å². The highest BCUT2D eigenvalue weighted by Crippen LogP contribution is 2.32. The third-order valence-electron chi connectivity index (χ3n) is 5.43. The Hall–Kier alpha value is -3.08. The predicted molar refractivity (Wildman–Crippen MR) is 133 cm³/mol. The molecular weight excluding hydrogens is 495 g/mol. The number of nitrogens with one attached hydrogen (secondary N) is 1. The Morgan fingerprint density at radius 1 is 1.03 bits per heavy atom. The van der Waals surface area contributed by atoms with E-state index in [1.54, 1.807) is 12.1 Å². The fourth-order valence-electron chi connectivity index (χ4n) is 3.49. The van der Waals surface area contributed by atoms with Gasteiger partial charge in [-0.2, -0.15) is 13.2 Å². The first-order valence-electron chi connectivity index (χ1n) is 11.4. The van der Waals surface area contributed by atoms with Gasteiger partial charge in [0.2, 0.25) is 21.8 Å². The molecule has 0 heterocycles. The number of rotatable bonds is 10. The highest BCUT2D eigenvalue weighted by molar-refractivity contribution is 7.92. The van der Waals surface area contributed by atoms with Gasteiger partial charge >= 0.3 is 6.18 Å². The van der Waals surface area contributed by atoms with Crippen molar-refractivity contribution in [3.63, 3.8) is 0 Å². The number of sulfonamides is 1. The normalized spacial score (nSPS) is 12.8. The second-order valence-electron chi connectivity index (χ2n) is 9.14. The van der Waals surface area contributed by atoms with Crippen molar-refractivity contribution in [1.29, 1.82) is 0 Å². The summed E-state index contributed by atoms with van der Waals surface area (Å²) in [5.74, 6) is -0.982. The molecule has 0 fully saturated rings. The predicted octanol–water partition coefficient (Wildman–Crippen LogP) is 3.97. The van der Waals surface area contributed by atoms with Crippen LogP contribution in [0.2, 0.25) is 0 Å². The summed E-state index contributed by atoms with van der Waals surface area (Å²) < 4.78 is 65.4. The number of hydrogen-bond acceptors (Lipinski definition) is 4. The summed E-state index contributed by atoms with van der Waals surface area (Å²) in [5, 5.41) is 2.76. The minimum absolute atomic E-state index is 0.0109. The molecular formula is C25H32F3N3O4S. The number of benzene rings is 2. The summed E-state index contributed by atoms with van der Waals surface area (Å²) in [6.45, 7) is 6.85. The Morgan fingerprint density at radius 3 is 2.22 bits per heavy atom. The van der Waals surface area contributed by atoms with Crippen LogP contribution in [-0.4, -0.2) is 50.5 Å². The maximum atomic E-state index is 13.4. The zero-order chi connectivity index (χ0) is 27.3. The van der Waals surface area contributed by atoms with E-state index in [4.69, 9.17) is 0 Å². The van der Waals surface area contributed by atoms with Crippen LogP contribution < -0.4 is 9.62 Å². The molecule has 11 heteroatoms. The smallest absolute Gasteiger partial charge is 0.354 e. The summed E-state index contributed by atoms with van der Waals surface area (Å²) >= 11 is 0. The Labute approximate surface area is 210 Å². The van der Waals surface area contributed by atoms with Gasteiger partial charge in [0.05, 0.1) is 17.5 Å². The van der Waals surface area contributed by atoms with E-state index in [0.717, 1.165) is 29.5 Å². The molecule has 1 atom stereocenters. The number of nitrogens with zero attached hydrogens (tertiary/aromatic N) is 2. The number of anilines is 1. The molecule has 0 spiro atoms. The van der Waals surface area contributed by atoms with Gasteiger partial charge in [-0.25, -0.2) is 8.42 Å². The zero-order valence-corrected chi connectivity index (χ0v) is 21.8. The van der Waals surface area contributed by atoms with E-state index in [1.165, 1.54) is 17.9 Å². The van der Waals surface area contributed by atoms with Crippen LogP contribution in [-0.2, 0) is 32.3 Å². The standard InChI is InChI=1S/C25H32F3N3O4S/c1-17(2)14-29-24(33)19(4)30(15-20-9-6-8-18(3)12-20)23(32)16-31(36(5,34)35)22-11-7-10-21(13-22)25(26,27)28/h6-13,17,19H,14-16H2,1-5H3,(H,29,33)/t19-/m1/s1. The van der Waals surface area contributed by atoms with Crippen LogP contribution in [0.3, 0.4) is 0 Å². The van der Waals surface area contributed by atoms with Gasteiger partial charge in [0.1, 0.15) is 12.6 Å². The van der Waals surface area contributed by atoms with Crippen molar-refractivity contribution >= 4 is 27.5 Å². The molecule has 2 aromatic carbocycles. The third-order valence-corrected chi connectivity index (χ3v) is 6.57. The molecule has 0 unspecified atom stereocenters. The summed E-state index contributed by atoms with van der Waals surface area (Å²) in [5.41, 5.74) is 0.308. The Bertz CT molecular complexity index is 1180. The van der Waals surface area contributed by atoms with Crippen LogP contribution in [0.4, 0.5) is 18.9 Å². The number of hydrogen-bond donors (Lipinski definition) is 1. The first-order chi connectivity index (χ1) is 16.6. The summed E-state index contributed by atoms with van der Waals surface area (Å²) in [6, 6.07) is 10.1. The largest absolute Gasteiger partial charge is 0.416 e. The molecule has 0 aliphatic heterocycles. The highest BCUT2D eigenvalue weighted by atomic mass is 32.2. The van der Waals surface area contributed by atoms with Crippen LogP contribution in [0, 0.1) is 12.8 Å². The molecule has 0 saturated heterocycles. The molecule has 0 aliphatic rings. The number of amides is 2. The fraction of sp³-hybridized carbons (Fsp3) is 0.440. The fourth-order valence-corrected chi connectivity index (χ4v) is 4.33. The number of carbonyl (C=O) groups excluding carboxylic acids is 2. The van der Waals surface area contributed by atoms with E-state index < -0.39 is 46.2 Å². The van der Waals surface area contributed by atoms with E-state index in [0.29, 0.717) is 16.9 Å². The maximum Gasteiger partial charge on any atom is 0.416 e. The minimum Gasteiger partial charge on any atom is -0.354 e. The van der Waals surface area contributed by atoms with Crippen LogP contribution >= 0.6 is 0 Å². The van der Waals surface area contributed by atoms with Crippen molar-refractivity contribution in [2.24, 2.45) is 5.92 Å². The van der Waals surface area contributed by atoms with Crippen molar-refractivity contribution in [1.82, 2.24) is 10.2 Å². The van der Waals surface area contributed by atoms with E-state index in [9.17, 15) is 31.2 Å². The van der Waals surface area contributed by atoms with E-state index in [1.807, 2.05) is 32.9 Å². The van der Waals surface area contributed by atoms with E-state index in [-0.39, 0.29) is 18.2 Å². The number of halogens is 3. The van der Waals surface area contributed by atoms with Crippen molar-refractivity contribution < 1.29 is 31.2 Å². The lowest BCUT2D eigenvalue weighted by molar-refractivity contribution is -0.139. The van der Waals surface area contributed by atoms with Crippen molar-refractivity contribution in [3.8, 4) is 0 Å². The Morgan fingerprint density at radius 2 is 1.67 bits per heavy atom. The number of alkyl halides is 3. The second kappa shape index (κ2) is 11.8. The summed E-state index contributed by atoms with van der Waals surface area (Å²) in [4.78, 5) is 27.5. The first-order valence-corrected chi connectivity index (χ1v) is 13.2. The first kappa shape index (κ1) is 29.2. The molecule has 0 radical (unpaired) electrons. The summed E-state index contributed by atoms with van der Waals surface area (Å²) in [7, 11) is -4.14. The van der Waals surface area contributed by atoms with Gasteiger partial charge in [-0.05, 0) is 43.5 Å². The quantitative estimate of drug-likeness (QED) is 0.507. The Balaban J connectivity index is 2.42. The molecule has 7 nitrogen and oxygen atoms in total. The van der Waals surface area contributed by atoms with E-state index >= 15 is 0 Å². The number of carbonyl (C=O) groups is 2. The van der Waals surface area contributed by atoms with E-state index in [2.05, 4.69) is 5.32 Å². The van der Waals surface area contributed by atoms with Gasteiger partial charge in [0.15, 0.2) is 0 Å². The average molecular weight is 528 g/mol. The second-order valence-corrected chi connectivity index (χ2v) is 11.1. The molecule has 1 N–H and O–H groups in total. The van der Waals surface area contributed by atoms with Gasteiger partial charge in [-0.1, -0.05) is 49.7 Å².